The van der Waals surface area contributed by atoms with Gasteiger partial charge in [-0.2, -0.15) is 5.10 Å². The summed E-state index contributed by atoms with van der Waals surface area (Å²) < 4.78 is 2.11. The van der Waals surface area contributed by atoms with Crippen LogP contribution in [0.5, 0.6) is 0 Å². The number of rotatable bonds is 1. The van der Waals surface area contributed by atoms with Crippen molar-refractivity contribution in [3.05, 3.63) is 18.0 Å². The smallest absolute Gasteiger partial charge is 0.0600 e. The van der Waals surface area contributed by atoms with E-state index < -0.39 is 0 Å². The average Bonchev–Trinajstić information content (AvgIpc) is 2.53. The van der Waals surface area contributed by atoms with Crippen LogP contribution in [0.3, 0.4) is 0 Å². The highest BCUT2D eigenvalue weighted by Crippen LogP contribution is 2.30. The predicted molar refractivity (Wildman–Crippen MR) is 52.4 cm³/mol. The Hall–Kier alpha value is -0.830. The lowest BCUT2D eigenvalue weighted by Crippen LogP contribution is -2.50. The molecule has 2 rings (SSSR count). The van der Waals surface area contributed by atoms with Crippen LogP contribution >= 0.6 is 0 Å². The largest absolute Gasteiger partial charge is 0.304 e. The van der Waals surface area contributed by atoms with Gasteiger partial charge >= 0.3 is 0 Å². The normalized spacial score (nSPS) is 27.7. The first kappa shape index (κ1) is 8.75. The quantitative estimate of drug-likeness (QED) is 0.705. The number of fused-ring (bicyclic) bond motifs is 1. The van der Waals surface area contributed by atoms with Gasteiger partial charge in [0.2, 0.25) is 0 Å². The Morgan fingerprint density at radius 1 is 1.62 bits per heavy atom. The second-order valence-corrected chi connectivity index (χ2v) is 4.22. The van der Waals surface area contributed by atoms with Crippen LogP contribution in [0.15, 0.2) is 12.3 Å². The summed E-state index contributed by atoms with van der Waals surface area (Å²) in [4.78, 5) is 0. The summed E-state index contributed by atoms with van der Waals surface area (Å²) in [5, 5.41) is 7.89. The third-order valence-electron chi connectivity index (χ3n) is 3.22. The van der Waals surface area contributed by atoms with E-state index in [1.54, 1.807) is 0 Å². The molecule has 1 aromatic rings. The van der Waals surface area contributed by atoms with Gasteiger partial charge in [0, 0.05) is 12.7 Å². The van der Waals surface area contributed by atoms with Crippen LogP contribution in [0.25, 0.3) is 0 Å². The highest BCUT2D eigenvalue weighted by molar-refractivity contribution is 5.16. The van der Waals surface area contributed by atoms with Crippen LogP contribution in [0.1, 0.15) is 26.5 Å². The van der Waals surface area contributed by atoms with E-state index in [0.29, 0.717) is 5.92 Å². The third-order valence-corrected chi connectivity index (χ3v) is 3.22. The summed E-state index contributed by atoms with van der Waals surface area (Å²) in [5.41, 5.74) is 1.41. The molecule has 0 saturated carbocycles. The van der Waals surface area contributed by atoms with E-state index in [1.165, 1.54) is 5.69 Å². The Labute approximate surface area is 79.1 Å². The van der Waals surface area contributed by atoms with Crippen LogP contribution in [0.2, 0.25) is 0 Å². The molecule has 0 amide bonds. The highest BCUT2D eigenvalue weighted by atomic mass is 15.3. The molecule has 13 heavy (non-hydrogen) atoms. The van der Waals surface area contributed by atoms with Gasteiger partial charge in [0.1, 0.15) is 0 Å². The molecule has 1 aliphatic heterocycles. The van der Waals surface area contributed by atoms with Crippen molar-refractivity contribution < 1.29 is 0 Å². The van der Waals surface area contributed by atoms with Gasteiger partial charge in [-0.15, -0.1) is 0 Å². The Bertz CT molecular complexity index is 303. The number of nitrogens with one attached hydrogen (secondary N) is 1. The molecule has 1 aromatic heterocycles. The minimum absolute atomic E-state index is 0.0920. The highest BCUT2D eigenvalue weighted by Gasteiger charge is 2.35. The van der Waals surface area contributed by atoms with Crippen LogP contribution in [0, 0.1) is 5.92 Å². The summed E-state index contributed by atoms with van der Waals surface area (Å²) in [7, 11) is 0. The van der Waals surface area contributed by atoms with Crippen molar-refractivity contribution in [1.82, 2.24) is 15.1 Å². The molecule has 0 fully saturated rings. The Balaban J connectivity index is 2.45. The van der Waals surface area contributed by atoms with Crippen molar-refractivity contribution in [2.75, 3.05) is 6.54 Å². The van der Waals surface area contributed by atoms with Gasteiger partial charge < -0.3 is 5.32 Å². The summed E-state index contributed by atoms with van der Waals surface area (Å²) in [5.74, 6) is 0.586. The van der Waals surface area contributed by atoms with Gasteiger partial charge in [-0.25, -0.2) is 0 Å². The lowest BCUT2D eigenvalue weighted by Gasteiger charge is -2.39. The Morgan fingerprint density at radius 2 is 2.38 bits per heavy atom. The standard InChI is InChI=1S/C10H17N3/c1-8(2)10(3)9-4-5-12-13(9)7-6-11-10/h4-5,8,11H,6-7H2,1-3H3. The van der Waals surface area contributed by atoms with Crippen molar-refractivity contribution in [2.24, 2.45) is 5.92 Å². The minimum Gasteiger partial charge on any atom is -0.304 e. The zero-order valence-electron chi connectivity index (χ0n) is 8.54. The van der Waals surface area contributed by atoms with E-state index in [9.17, 15) is 0 Å². The van der Waals surface area contributed by atoms with E-state index in [0.717, 1.165) is 13.1 Å². The topological polar surface area (TPSA) is 29.9 Å². The minimum atomic E-state index is 0.0920. The first-order valence-corrected chi connectivity index (χ1v) is 4.92. The number of nitrogens with zero attached hydrogens (tertiary/aromatic N) is 2. The molecular weight excluding hydrogens is 162 g/mol. The maximum atomic E-state index is 4.31. The first-order valence-electron chi connectivity index (χ1n) is 4.92. The maximum Gasteiger partial charge on any atom is 0.0600 e. The molecule has 1 N–H and O–H groups in total. The molecule has 3 heteroatoms. The molecular formula is C10H17N3. The molecule has 0 spiro atoms. The van der Waals surface area contributed by atoms with Gasteiger partial charge in [-0.3, -0.25) is 4.68 Å². The van der Waals surface area contributed by atoms with Gasteiger partial charge in [-0.1, -0.05) is 13.8 Å². The fourth-order valence-electron chi connectivity index (χ4n) is 1.96. The van der Waals surface area contributed by atoms with E-state index >= 15 is 0 Å². The number of hydrogen-bond acceptors (Lipinski definition) is 2. The third kappa shape index (κ3) is 1.18. The van der Waals surface area contributed by atoms with E-state index in [4.69, 9.17) is 0 Å². The first-order chi connectivity index (χ1) is 6.14. The van der Waals surface area contributed by atoms with Crippen molar-refractivity contribution in [1.29, 1.82) is 0 Å². The molecule has 1 atom stereocenters. The zero-order valence-corrected chi connectivity index (χ0v) is 8.54. The van der Waals surface area contributed by atoms with Crippen molar-refractivity contribution >= 4 is 0 Å². The average molecular weight is 179 g/mol. The van der Waals surface area contributed by atoms with Crippen molar-refractivity contribution in [3.63, 3.8) is 0 Å². The fourth-order valence-corrected chi connectivity index (χ4v) is 1.96. The number of aromatic nitrogens is 2. The van der Waals surface area contributed by atoms with E-state index in [-0.39, 0.29) is 5.54 Å². The SMILES string of the molecule is CC(C)C1(C)NCCn2nccc21. The molecule has 0 aromatic carbocycles. The lowest BCUT2D eigenvalue weighted by molar-refractivity contribution is 0.213. The summed E-state index contributed by atoms with van der Waals surface area (Å²) >= 11 is 0. The summed E-state index contributed by atoms with van der Waals surface area (Å²) in [6.07, 6.45) is 1.89. The Morgan fingerprint density at radius 3 is 3.08 bits per heavy atom. The molecule has 1 unspecified atom stereocenters. The van der Waals surface area contributed by atoms with Gasteiger partial charge in [0.15, 0.2) is 0 Å². The molecule has 0 saturated heterocycles. The molecule has 3 nitrogen and oxygen atoms in total. The fraction of sp³-hybridized carbons (Fsp3) is 0.700. The van der Waals surface area contributed by atoms with Gasteiger partial charge in [-0.05, 0) is 18.9 Å². The second kappa shape index (κ2) is 2.84. The lowest BCUT2D eigenvalue weighted by atomic mass is 9.84. The van der Waals surface area contributed by atoms with Crippen LogP contribution in [-0.4, -0.2) is 16.3 Å². The molecule has 2 heterocycles. The zero-order chi connectivity index (χ0) is 9.47. The van der Waals surface area contributed by atoms with E-state index in [2.05, 4.69) is 41.9 Å². The van der Waals surface area contributed by atoms with Gasteiger partial charge in [0.25, 0.3) is 0 Å². The van der Waals surface area contributed by atoms with Crippen molar-refractivity contribution in [2.45, 2.75) is 32.9 Å². The molecule has 1 aliphatic rings. The molecule has 0 bridgehead atoms. The van der Waals surface area contributed by atoms with Crippen LogP contribution in [0.4, 0.5) is 0 Å². The van der Waals surface area contributed by atoms with Crippen molar-refractivity contribution in [3.8, 4) is 0 Å². The number of hydrogen-bond donors (Lipinski definition) is 1. The predicted octanol–water partition coefficient (Wildman–Crippen LogP) is 1.36. The van der Waals surface area contributed by atoms with Crippen LogP contribution in [-0.2, 0) is 12.1 Å². The second-order valence-electron chi connectivity index (χ2n) is 4.22. The molecule has 0 aliphatic carbocycles. The maximum absolute atomic E-state index is 4.31. The summed E-state index contributed by atoms with van der Waals surface area (Å²) in [6.45, 7) is 8.75. The summed E-state index contributed by atoms with van der Waals surface area (Å²) in [6, 6.07) is 2.12. The van der Waals surface area contributed by atoms with E-state index in [1.807, 2.05) is 6.20 Å². The molecule has 72 valence electrons. The monoisotopic (exact) mass is 179 g/mol. The van der Waals surface area contributed by atoms with Crippen LogP contribution < -0.4 is 5.32 Å². The Kier molecular flexibility index (Phi) is 1.91. The molecule has 0 radical (unpaired) electrons. The van der Waals surface area contributed by atoms with Gasteiger partial charge in [0.05, 0.1) is 17.8 Å².